The maximum Gasteiger partial charge on any atom is 0.126 e. The lowest BCUT2D eigenvalue weighted by atomic mass is 9.77. The van der Waals surface area contributed by atoms with Crippen molar-refractivity contribution >= 4 is 5.57 Å². The van der Waals surface area contributed by atoms with Crippen LogP contribution in [0.3, 0.4) is 0 Å². The fourth-order valence-corrected chi connectivity index (χ4v) is 4.53. The minimum atomic E-state index is -0.0997. The first kappa shape index (κ1) is 23.8. The monoisotopic (exact) mass is 396 g/mol. The van der Waals surface area contributed by atoms with E-state index in [0.717, 1.165) is 17.0 Å². The summed E-state index contributed by atoms with van der Waals surface area (Å²) in [4.78, 5) is 0. The van der Waals surface area contributed by atoms with Crippen molar-refractivity contribution in [1.29, 1.82) is 0 Å². The number of allylic oxidation sites excluding steroid dienone is 4. The molecule has 0 spiro atoms. The highest BCUT2D eigenvalue weighted by atomic mass is 16.3. The third-order valence-electron chi connectivity index (χ3n) is 7.02. The van der Waals surface area contributed by atoms with Gasteiger partial charge in [-0.15, -0.1) is 0 Å². The molecule has 1 heteroatoms. The Balaban J connectivity index is 2.58. The molecule has 0 bridgehead atoms. The summed E-state index contributed by atoms with van der Waals surface area (Å²) >= 11 is 0. The molecule has 0 radical (unpaired) electrons. The lowest BCUT2D eigenvalue weighted by molar-refractivity contribution is 0.443. The van der Waals surface area contributed by atoms with E-state index < -0.39 is 0 Å². The fraction of sp³-hybridized carbons (Fsp3) is 0.643. The molecule has 1 nitrogen and oxygen atoms in total. The second-order valence-electron chi connectivity index (χ2n) is 11.4. The number of phenolic OH excluding ortho intramolecular Hbond substituents is 1. The van der Waals surface area contributed by atoms with Gasteiger partial charge in [-0.1, -0.05) is 78.9 Å². The maximum absolute atomic E-state index is 11.2. The van der Waals surface area contributed by atoms with Gasteiger partial charge in [0.25, 0.3) is 0 Å². The van der Waals surface area contributed by atoms with Crippen LogP contribution in [0.5, 0.6) is 5.75 Å². The highest BCUT2D eigenvalue weighted by molar-refractivity contribution is 5.76. The number of aromatic hydroxyl groups is 1. The summed E-state index contributed by atoms with van der Waals surface area (Å²) in [5.41, 5.74) is 8.67. The highest BCUT2D eigenvalue weighted by Crippen LogP contribution is 2.42. The summed E-state index contributed by atoms with van der Waals surface area (Å²) in [6.07, 6.45) is 6.78. The molecule has 0 saturated heterocycles. The van der Waals surface area contributed by atoms with Crippen molar-refractivity contribution in [1.82, 2.24) is 0 Å². The topological polar surface area (TPSA) is 20.2 Å². The molecule has 0 amide bonds. The van der Waals surface area contributed by atoms with E-state index in [1.54, 1.807) is 0 Å². The highest BCUT2D eigenvalue weighted by Gasteiger charge is 2.26. The summed E-state index contributed by atoms with van der Waals surface area (Å²) in [5.74, 6) is 1.31. The molecule has 0 atom stereocenters. The Bertz CT molecular complexity index is 800. The van der Waals surface area contributed by atoms with Gasteiger partial charge in [0.05, 0.1) is 0 Å². The lowest BCUT2D eigenvalue weighted by Crippen LogP contribution is -2.17. The fourth-order valence-electron chi connectivity index (χ4n) is 4.53. The number of benzene rings is 1. The zero-order chi connectivity index (χ0) is 22.1. The van der Waals surface area contributed by atoms with E-state index in [2.05, 4.69) is 81.4 Å². The molecule has 0 unspecified atom stereocenters. The van der Waals surface area contributed by atoms with Gasteiger partial charge in [-0.25, -0.2) is 0 Å². The molecule has 1 fully saturated rings. The molecule has 1 saturated carbocycles. The molecule has 162 valence electrons. The van der Waals surface area contributed by atoms with E-state index >= 15 is 0 Å². The first-order valence-corrected chi connectivity index (χ1v) is 11.5. The van der Waals surface area contributed by atoms with Gasteiger partial charge in [0.2, 0.25) is 0 Å². The average Bonchev–Trinajstić information content (AvgIpc) is 3.10. The number of phenols is 1. The Labute approximate surface area is 180 Å². The molecular formula is C28H44O. The number of hydrogen-bond acceptors (Lipinski definition) is 1. The molecule has 1 aliphatic rings. The number of rotatable bonds is 4. The average molecular weight is 397 g/mol. The van der Waals surface area contributed by atoms with Crippen LogP contribution in [0.4, 0.5) is 0 Å². The van der Waals surface area contributed by atoms with Crippen molar-refractivity contribution in [3.8, 4) is 5.75 Å². The van der Waals surface area contributed by atoms with Crippen LogP contribution >= 0.6 is 0 Å². The minimum absolute atomic E-state index is 0.0416. The van der Waals surface area contributed by atoms with E-state index in [1.165, 1.54) is 60.0 Å². The summed E-state index contributed by atoms with van der Waals surface area (Å²) in [7, 11) is 0. The zero-order valence-corrected chi connectivity index (χ0v) is 20.7. The van der Waals surface area contributed by atoms with Crippen LogP contribution in [-0.2, 0) is 10.8 Å². The Morgan fingerprint density at radius 1 is 0.862 bits per heavy atom. The molecule has 2 rings (SSSR count). The van der Waals surface area contributed by atoms with Crippen LogP contribution < -0.4 is 0 Å². The molecule has 29 heavy (non-hydrogen) atoms. The van der Waals surface area contributed by atoms with Gasteiger partial charge in [-0.3, -0.25) is 0 Å². The zero-order valence-electron chi connectivity index (χ0n) is 20.7. The van der Waals surface area contributed by atoms with Gasteiger partial charge in [-0.2, -0.15) is 0 Å². The van der Waals surface area contributed by atoms with Crippen molar-refractivity contribution in [2.45, 2.75) is 112 Å². The van der Waals surface area contributed by atoms with E-state index in [9.17, 15) is 5.11 Å². The van der Waals surface area contributed by atoms with Crippen LogP contribution in [-0.4, -0.2) is 5.11 Å². The normalized spacial score (nSPS) is 18.0. The molecule has 1 aliphatic carbocycles. The molecule has 1 aromatic rings. The van der Waals surface area contributed by atoms with Crippen LogP contribution in [0.15, 0.2) is 28.9 Å². The summed E-state index contributed by atoms with van der Waals surface area (Å²) in [6.45, 7) is 22.3. The molecular weight excluding hydrogens is 352 g/mol. The van der Waals surface area contributed by atoms with Gasteiger partial charge in [0.1, 0.15) is 5.75 Å². The van der Waals surface area contributed by atoms with Crippen LogP contribution in [0.25, 0.3) is 5.57 Å². The first-order valence-electron chi connectivity index (χ1n) is 11.5. The van der Waals surface area contributed by atoms with Crippen LogP contribution in [0, 0.1) is 5.92 Å². The third kappa shape index (κ3) is 5.56. The van der Waals surface area contributed by atoms with Gasteiger partial charge in [0, 0.05) is 11.1 Å². The molecule has 1 aromatic carbocycles. The number of hydrogen-bond donors (Lipinski definition) is 1. The van der Waals surface area contributed by atoms with Crippen LogP contribution in [0.1, 0.15) is 118 Å². The summed E-state index contributed by atoms with van der Waals surface area (Å²) in [5, 5.41) is 11.2. The van der Waals surface area contributed by atoms with Crippen molar-refractivity contribution in [2.75, 3.05) is 0 Å². The summed E-state index contributed by atoms with van der Waals surface area (Å²) < 4.78 is 0. The summed E-state index contributed by atoms with van der Waals surface area (Å²) in [6, 6.07) is 4.42. The molecule has 0 aliphatic heterocycles. The van der Waals surface area contributed by atoms with Gasteiger partial charge >= 0.3 is 0 Å². The van der Waals surface area contributed by atoms with Crippen molar-refractivity contribution in [3.63, 3.8) is 0 Å². The SMILES string of the molecule is CC(CC1CCCC1)=C(C)C(C)=C(C)c1cc(C(C)(C)C)cc(C(C)(C)C)c1O. The van der Waals surface area contributed by atoms with Gasteiger partial charge < -0.3 is 5.11 Å². The lowest BCUT2D eigenvalue weighted by Gasteiger charge is -2.28. The predicted molar refractivity (Wildman–Crippen MR) is 129 cm³/mol. The Morgan fingerprint density at radius 3 is 1.90 bits per heavy atom. The minimum Gasteiger partial charge on any atom is -0.507 e. The molecule has 1 N–H and O–H groups in total. The van der Waals surface area contributed by atoms with Gasteiger partial charge in [0.15, 0.2) is 0 Å². The smallest absolute Gasteiger partial charge is 0.126 e. The second-order valence-corrected chi connectivity index (χ2v) is 11.4. The maximum atomic E-state index is 11.2. The Kier molecular flexibility index (Phi) is 7.13. The van der Waals surface area contributed by atoms with E-state index in [-0.39, 0.29) is 10.8 Å². The van der Waals surface area contributed by atoms with E-state index in [4.69, 9.17) is 0 Å². The molecule has 0 aromatic heterocycles. The van der Waals surface area contributed by atoms with Crippen molar-refractivity contribution in [2.24, 2.45) is 5.92 Å². The van der Waals surface area contributed by atoms with Crippen molar-refractivity contribution in [3.05, 3.63) is 45.5 Å². The first-order chi connectivity index (χ1) is 13.2. The second kappa shape index (κ2) is 8.70. The van der Waals surface area contributed by atoms with E-state index in [1.807, 2.05) is 0 Å². The molecule has 0 heterocycles. The Morgan fingerprint density at radius 2 is 1.41 bits per heavy atom. The van der Waals surface area contributed by atoms with Crippen LogP contribution in [0.2, 0.25) is 0 Å². The predicted octanol–water partition coefficient (Wildman–Crippen LogP) is 8.70. The largest absolute Gasteiger partial charge is 0.507 e. The van der Waals surface area contributed by atoms with Gasteiger partial charge in [-0.05, 0) is 79.2 Å². The quantitative estimate of drug-likeness (QED) is 0.504. The standard InChI is InChI=1S/C28H44O/c1-18(15-22-13-11-12-14-22)19(2)20(3)21(4)24-16-23(27(5,6)7)17-25(26(24)29)28(8,9)10/h16-17,22,29H,11-15H2,1-10H3. The Hall–Kier alpha value is -1.50. The van der Waals surface area contributed by atoms with Crippen molar-refractivity contribution < 1.29 is 5.11 Å². The third-order valence-corrected chi connectivity index (χ3v) is 7.02. The van der Waals surface area contributed by atoms with E-state index in [0.29, 0.717) is 5.75 Å².